The third kappa shape index (κ3) is 2.05. The quantitative estimate of drug-likeness (QED) is 0.591. The monoisotopic (exact) mass is 256 g/mol. The van der Waals surface area contributed by atoms with Crippen LogP contribution < -0.4 is 5.73 Å². The van der Waals surface area contributed by atoms with Crippen molar-refractivity contribution in [3.05, 3.63) is 0 Å². The fourth-order valence-corrected chi connectivity index (χ4v) is 2.44. The van der Waals surface area contributed by atoms with Gasteiger partial charge in [-0.1, -0.05) is 0 Å². The highest BCUT2D eigenvalue weighted by Gasteiger charge is 2.46. The number of fused-ring (bicyclic) bond motifs is 1. The Kier molecular flexibility index (Phi) is 3.51. The molecule has 2 aliphatic rings. The maximum atomic E-state index is 12.1. The SMILES string of the molecule is COC(=O)[C@@H]1CCC[C@@H]2C(=O)OC[C@H](N)C(=O)N21. The average Bonchev–Trinajstić information content (AvgIpc) is 2.50. The number of ether oxygens (including phenoxy) is 2. The lowest BCUT2D eigenvalue weighted by Crippen LogP contribution is -2.58. The molecular formula is C11H16N2O5. The molecule has 0 aromatic rings. The Labute approximate surface area is 104 Å². The Balaban J connectivity index is 2.32. The van der Waals surface area contributed by atoms with Gasteiger partial charge in [0, 0.05) is 0 Å². The molecule has 18 heavy (non-hydrogen) atoms. The Hall–Kier alpha value is -1.63. The summed E-state index contributed by atoms with van der Waals surface area (Å²) in [5.41, 5.74) is 5.63. The van der Waals surface area contributed by atoms with Crippen LogP contribution in [0.1, 0.15) is 19.3 Å². The Morgan fingerprint density at radius 3 is 2.83 bits per heavy atom. The lowest BCUT2D eigenvalue weighted by molar-refractivity contribution is -0.162. The van der Waals surface area contributed by atoms with Gasteiger partial charge >= 0.3 is 11.9 Å². The van der Waals surface area contributed by atoms with Crippen LogP contribution in [-0.2, 0) is 23.9 Å². The molecule has 0 unspecified atom stereocenters. The number of piperidine rings is 1. The number of hydrogen-bond acceptors (Lipinski definition) is 6. The van der Waals surface area contributed by atoms with Crippen molar-refractivity contribution < 1.29 is 23.9 Å². The first-order chi connectivity index (χ1) is 8.56. The number of hydrogen-bond donors (Lipinski definition) is 1. The van der Waals surface area contributed by atoms with E-state index in [0.29, 0.717) is 19.3 Å². The molecule has 0 aromatic carbocycles. The molecule has 2 N–H and O–H groups in total. The van der Waals surface area contributed by atoms with E-state index >= 15 is 0 Å². The van der Waals surface area contributed by atoms with Crippen LogP contribution >= 0.6 is 0 Å². The molecular weight excluding hydrogens is 240 g/mol. The number of carbonyl (C=O) groups is 3. The number of rotatable bonds is 1. The summed E-state index contributed by atoms with van der Waals surface area (Å²) < 4.78 is 9.61. The molecule has 2 fully saturated rings. The van der Waals surface area contributed by atoms with E-state index in [1.807, 2.05) is 0 Å². The highest BCUT2D eigenvalue weighted by Crippen LogP contribution is 2.27. The molecule has 100 valence electrons. The van der Waals surface area contributed by atoms with Gasteiger partial charge in [-0.2, -0.15) is 0 Å². The number of carbonyl (C=O) groups excluding carboxylic acids is 3. The van der Waals surface area contributed by atoms with E-state index in [-0.39, 0.29) is 6.61 Å². The Morgan fingerprint density at radius 1 is 1.44 bits per heavy atom. The third-order valence-electron chi connectivity index (χ3n) is 3.35. The second kappa shape index (κ2) is 4.93. The van der Waals surface area contributed by atoms with Crippen LogP contribution in [0.15, 0.2) is 0 Å². The average molecular weight is 256 g/mol. The molecule has 0 spiro atoms. The standard InChI is InChI=1S/C11H16N2O5/c1-17-10(15)7-3-2-4-8-11(16)18-5-6(12)9(14)13(7)8/h6-8H,2-5,12H2,1H3/t6-,7-,8+/m0/s1. The van der Waals surface area contributed by atoms with Crippen LogP contribution in [0.3, 0.4) is 0 Å². The lowest BCUT2D eigenvalue weighted by atomic mass is 9.95. The van der Waals surface area contributed by atoms with Gasteiger partial charge in [-0.25, -0.2) is 9.59 Å². The van der Waals surface area contributed by atoms with Gasteiger partial charge in [-0.15, -0.1) is 0 Å². The maximum Gasteiger partial charge on any atom is 0.328 e. The first kappa shape index (κ1) is 12.8. The van der Waals surface area contributed by atoms with Crippen LogP contribution in [0.2, 0.25) is 0 Å². The van der Waals surface area contributed by atoms with Gasteiger partial charge in [0.15, 0.2) is 0 Å². The summed E-state index contributed by atoms with van der Waals surface area (Å²) in [4.78, 5) is 36.8. The molecule has 1 amide bonds. The summed E-state index contributed by atoms with van der Waals surface area (Å²) >= 11 is 0. The maximum absolute atomic E-state index is 12.1. The molecule has 2 rings (SSSR count). The fraction of sp³-hybridized carbons (Fsp3) is 0.727. The summed E-state index contributed by atoms with van der Waals surface area (Å²) in [5.74, 6) is -1.44. The van der Waals surface area contributed by atoms with Crippen LogP contribution in [0.25, 0.3) is 0 Å². The largest absolute Gasteiger partial charge is 0.467 e. The third-order valence-corrected chi connectivity index (χ3v) is 3.35. The van der Waals surface area contributed by atoms with Crippen molar-refractivity contribution >= 4 is 17.8 Å². The van der Waals surface area contributed by atoms with Gasteiger partial charge < -0.3 is 20.1 Å². The number of nitrogens with two attached hydrogens (primary N) is 1. The smallest absolute Gasteiger partial charge is 0.328 e. The zero-order valence-electron chi connectivity index (χ0n) is 10.1. The second-order valence-corrected chi connectivity index (χ2v) is 4.47. The molecule has 7 heteroatoms. The van der Waals surface area contributed by atoms with Crippen molar-refractivity contribution in [3.8, 4) is 0 Å². The highest BCUT2D eigenvalue weighted by molar-refractivity contribution is 5.93. The predicted molar refractivity (Wildman–Crippen MR) is 59.2 cm³/mol. The van der Waals surface area contributed by atoms with E-state index in [1.165, 1.54) is 12.0 Å². The van der Waals surface area contributed by atoms with Crippen molar-refractivity contribution in [3.63, 3.8) is 0 Å². The van der Waals surface area contributed by atoms with Gasteiger partial charge in [0.2, 0.25) is 5.91 Å². The summed E-state index contributed by atoms with van der Waals surface area (Å²) in [6.45, 7) is -0.140. The van der Waals surface area contributed by atoms with Crippen molar-refractivity contribution in [1.29, 1.82) is 0 Å². The van der Waals surface area contributed by atoms with Crippen molar-refractivity contribution in [2.45, 2.75) is 37.4 Å². The lowest BCUT2D eigenvalue weighted by Gasteiger charge is -2.38. The van der Waals surface area contributed by atoms with E-state index in [1.54, 1.807) is 0 Å². The van der Waals surface area contributed by atoms with Gasteiger partial charge in [0.25, 0.3) is 0 Å². The summed E-state index contributed by atoms with van der Waals surface area (Å²) in [5, 5.41) is 0. The molecule has 2 saturated heterocycles. The molecule has 2 heterocycles. The van der Waals surface area contributed by atoms with Crippen LogP contribution in [0.5, 0.6) is 0 Å². The molecule has 3 atom stereocenters. The first-order valence-corrected chi connectivity index (χ1v) is 5.88. The van der Waals surface area contributed by atoms with Crippen molar-refractivity contribution in [2.24, 2.45) is 5.73 Å². The highest BCUT2D eigenvalue weighted by atomic mass is 16.5. The minimum Gasteiger partial charge on any atom is -0.467 e. The van der Waals surface area contributed by atoms with E-state index in [0.717, 1.165) is 0 Å². The molecule has 2 aliphatic heterocycles. The zero-order chi connectivity index (χ0) is 13.3. The number of amides is 1. The number of esters is 2. The predicted octanol–water partition coefficient (Wildman–Crippen LogP) is -1.21. The van der Waals surface area contributed by atoms with E-state index in [2.05, 4.69) is 4.74 Å². The molecule has 7 nitrogen and oxygen atoms in total. The number of methoxy groups -OCH3 is 1. The van der Waals surface area contributed by atoms with Gasteiger partial charge in [0.1, 0.15) is 24.7 Å². The summed E-state index contributed by atoms with van der Waals surface area (Å²) in [7, 11) is 1.26. The van der Waals surface area contributed by atoms with Crippen LogP contribution in [0.4, 0.5) is 0 Å². The van der Waals surface area contributed by atoms with Gasteiger partial charge in [-0.05, 0) is 19.3 Å². The molecule has 0 bridgehead atoms. The Bertz CT molecular complexity index is 384. The number of cyclic esters (lactones) is 1. The molecule has 0 saturated carbocycles. The molecule has 0 aromatic heterocycles. The minimum absolute atomic E-state index is 0.140. The van der Waals surface area contributed by atoms with Gasteiger partial charge in [0.05, 0.1) is 7.11 Å². The van der Waals surface area contributed by atoms with Crippen molar-refractivity contribution in [2.75, 3.05) is 13.7 Å². The summed E-state index contributed by atoms with van der Waals surface area (Å²) in [6.07, 6.45) is 1.64. The van der Waals surface area contributed by atoms with Crippen LogP contribution in [-0.4, -0.2) is 54.6 Å². The number of nitrogens with zero attached hydrogens (tertiary/aromatic N) is 1. The van der Waals surface area contributed by atoms with E-state index in [9.17, 15) is 14.4 Å². The zero-order valence-corrected chi connectivity index (χ0v) is 10.1. The fourth-order valence-electron chi connectivity index (χ4n) is 2.44. The van der Waals surface area contributed by atoms with E-state index in [4.69, 9.17) is 10.5 Å². The summed E-state index contributed by atoms with van der Waals surface area (Å²) in [6, 6.07) is -2.37. The molecule has 0 radical (unpaired) electrons. The molecule has 0 aliphatic carbocycles. The van der Waals surface area contributed by atoms with E-state index < -0.39 is 36.0 Å². The topological polar surface area (TPSA) is 98.9 Å². The van der Waals surface area contributed by atoms with Gasteiger partial charge in [-0.3, -0.25) is 4.79 Å². The Morgan fingerprint density at radius 2 is 2.17 bits per heavy atom. The minimum atomic E-state index is -0.913. The second-order valence-electron chi connectivity index (χ2n) is 4.47. The van der Waals surface area contributed by atoms with Crippen molar-refractivity contribution in [1.82, 2.24) is 4.90 Å². The van der Waals surface area contributed by atoms with Crippen LogP contribution in [0, 0.1) is 0 Å². The normalized spacial score (nSPS) is 32.3. The first-order valence-electron chi connectivity index (χ1n) is 5.88.